The molecule has 0 bridgehead atoms. The van der Waals surface area contributed by atoms with E-state index in [0.29, 0.717) is 5.92 Å². The number of rotatable bonds is 2. The van der Waals surface area contributed by atoms with E-state index < -0.39 is 0 Å². The second-order valence-corrected chi connectivity index (χ2v) is 5.09. The molecule has 1 fully saturated rings. The molecule has 0 saturated carbocycles. The highest BCUT2D eigenvalue weighted by molar-refractivity contribution is 7.16. The van der Waals surface area contributed by atoms with Crippen molar-refractivity contribution in [2.24, 2.45) is 5.92 Å². The van der Waals surface area contributed by atoms with E-state index in [0.717, 1.165) is 36.3 Å². The zero-order chi connectivity index (χ0) is 11.0. The number of thiophene rings is 1. The lowest BCUT2D eigenvalue weighted by molar-refractivity contribution is 0.470. The molecule has 0 amide bonds. The van der Waals surface area contributed by atoms with E-state index in [1.165, 1.54) is 11.3 Å². The molecule has 0 radical (unpaired) electrons. The lowest BCUT2D eigenvalue weighted by atomic mass is 10.1. The maximum Gasteiger partial charge on any atom is 0.262 e. The quantitative estimate of drug-likeness (QED) is 0.847. The average Bonchev–Trinajstić information content (AvgIpc) is 2.93. The van der Waals surface area contributed by atoms with Crippen LogP contribution in [0, 0.1) is 5.92 Å². The van der Waals surface area contributed by atoms with Crippen molar-refractivity contribution in [3.8, 4) is 0 Å². The summed E-state index contributed by atoms with van der Waals surface area (Å²) < 4.78 is 1.74. The first-order valence-electron chi connectivity index (χ1n) is 5.48. The third-order valence-electron chi connectivity index (χ3n) is 3.07. The molecule has 1 aliphatic rings. The lowest BCUT2D eigenvalue weighted by Crippen LogP contribution is -2.25. The van der Waals surface area contributed by atoms with Crippen LogP contribution in [-0.2, 0) is 6.54 Å². The van der Waals surface area contributed by atoms with Crippen LogP contribution >= 0.6 is 11.3 Å². The molecule has 84 valence electrons. The highest BCUT2D eigenvalue weighted by Crippen LogP contribution is 2.14. The van der Waals surface area contributed by atoms with Gasteiger partial charge in [0, 0.05) is 6.54 Å². The number of fused-ring (bicyclic) bond motifs is 1. The molecule has 16 heavy (non-hydrogen) atoms. The predicted molar refractivity (Wildman–Crippen MR) is 64.9 cm³/mol. The monoisotopic (exact) mass is 235 g/mol. The molecule has 1 unspecified atom stereocenters. The largest absolute Gasteiger partial charge is 0.316 e. The molecule has 3 rings (SSSR count). The van der Waals surface area contributed by atoms with Crippen molar-refractivity contribution in [2.45, 2.75) is 13.0 Å². The van der Waals surface area contributed by atoms with Crippen LogP contribution in [0.2, 0.25) is 0 Å². The van der Waals surface area contributed by atoms with Crippen molar-refractivity contribution >= 4 is 21.6 Å². The molecule has 3 heterocycles. The third kappa shape index (κ3) is 1.66. The number of nitrogens with one attached hydrogen (secondary N) is 1. The number of hydrogen-bond donors (Lipinski definition) is 1. The standard InChI is InChI=1S/C11H13N3OS/c15-11-9-2-4-16-10(9)13-7-14(11)6-8-1-3-12-5-8/h2,4,7-8,12H,1,3,5-6H2. The Balaban J connectivity index is 1.96. The van der Waals surface area contributed by atoms with Crippen LogP contribution in [0.25, 0.3) is 10.2 Å². The van der Waals surface area contributed by atoms with Crippen molar-refractivity contribution in [2.75, 3.05) is 13.1 Å². The fourth-order valence-corrected chi connectivity index (χ4v) is 2.90. The van der Waals surface area contributed by atoms with Gasteiger partial charge in [-0.15, -0.1) is 11.3 Å². The summed E-state index contributed by atoms with van der Waals surface area (Å²) >= 11 is 1.52. The van der Waals surface area contributed by atoms with Gasteiger partial charge in [0.25, 0.3) is 5.56 Å². The molecule has 0 aromatic carbocycles. The maximum atomic E-state index is 12.1. The van der Waals surface area contributed by atoms with Crippen molar-refractivity contribution in [1.29, 1.82) is 0 Å². The van der Waals surface area contributed by atoms with E-state index in [2.05, 4.69) is 10.3 Å². The lowest BCUT2D eigenvalue weighted by Gasteiger charge is -2.10. The van der Waals surface area contributed by atoms with E-state index in [1.807, 2.05) is 11.4 Å². The van der Waals surface area contributed by atoms with Crippen molar-refractivity contribution in [1.82, 2.24) is 14.9 Å². The summed E-state index contributed by atoms with van der Waals surface area (Å²) in [7, 11) is 0. The SMILES string of the molecule is O=c1c2ccsc2ncn1CC1CCNC1. The van der Waals surface area contributed by atoms with Crippen molar-refractivity contribution in [3.63, 3.8) is 0 Å². The normalized spacial score (nSPS) is 20.6. The van der Waals surface area contributed by atoms with Gasteiger partial charge in [0.15, 0.2) is 0 Å². The van der Waals surface area contributed by atoms with Crippen LogP contribution in [0.15, 0.2) is 22.6 Å². The van der Waals surface area contributed by atoms with Crippen LogP contribution in [0.4, 0.5) is 0 Å². The van der Waals surface area contributed by atoms with Gasteiger partial charge in [0.05, 0.1) is 11.7 Å². The van der Waals surface area contributed by atoms with Crippen LogP contribution in [0.1, 0.15) is 6.42 Å². The fourth-order valence-electron chi connectivity index (χ4n) is 2.17. The van der Waals surface area contributed by atoms with Gasteiger partial charge in [-0.05, 0) is 36.9 Å². The summed E-state index contributed by atoms with van der Waals surface area (Å²) in [6, 6.07) is 1.86. The van der Waals surface area contributed by atoms with E-state index in [-0.39, 0.29) is 5.56 Å². The summed E-state index contributed by atoms with van der Waals surface area (Å²) in [5.41, 5.74) is 0.0955. The second-order valence-electron chi connectivity index (χ2n) is 4.20. The van der Waals surface area contributed by atoms with Crippen LogP contribution < -0.4 is 10.9 Å². The van der Waals surface area contributed by atoms with Crippen LogP contribution in [-0.4, -0.2) is 22.6 Å². The average molecular weight is 235 g/mol. The molecule has 1 atom stereocenters. The minimum absolute atomic E-state index is 0.0955. The molecule has 4 nitrogen and oxygen atoms in total. The molecule has 1 N–H and O–H groups in total. The van der Waals surface area contributed by atoms with Crippen LogP contribution in [0.3, 0.4) is 0 Å². The zero-order valence-corrected chi connectivity index (χ0v) is 9.67. The Labute approximate surface area is 96.9 Å². The molecule has 2 aromatic heterocycles. The minimum Gasteiger partial charge on any atom is -0.316 e. The number of aromatic nitrogens is 2. The van der Waals surface area contributed by atoms with E-state index >= 15 is 0 Å². The summed E-state index contributed by atoms with van der Waals surface area (Å²) in [4.78, 5) is 17.2. The van der Waals surface area contributed by atoms with Gasteiger partial charge in [-0.25, -0.2) is 4.98 Å². The first-order chi connectivity index (χ1) is 7.84. The van der Waals surface area contributed by atoms with E-state index in [9.17, 15) is 4.79 Å². The molecule has 1 saturated heterocycles. The predicted octanol–water partition coefficient (Wildman–Crippen LogP) is 1.07. The molecule has 0 spiro atoms. The maximum absolute atomic E-state index is 12.1. The molecule has 2 aromatic rings. The molecule has 0 aliphatic carbocycles. The number of nitrogens with zero attached hydrogens (tertiary/aromatic N) is 2. The van der Waals surface area contributed by atoms with Gasteiger partial charge in [-0.2, -0.15) is 0 Å². The van der Waals surface area contributed by atoms with Gasteiger partial charge < -0.3 is 5.32 Å². The molecular weight excluding hydrogens is 222 g/mol. The summed E-state index contributed by atoms with van der Waals surface area (Å²) in [5.74, 6) is 0.565. The van der Waals surface area contributed by atoms with E-state index in [1.54, 1.807) is 10.9 Å². The topological polar surface area (TPSA) is 46.9 Å². The molecule has 5 heteroatoms. The summed E-state index contributed by atoms with van der Waals surface area (Å²) in [6.45, 7) is 2.85. The van der Waals surface area contributed by atoms with Gasteiger partial charge in [-0.3, -0.25) is 9.36 Å². The van der Waals surface area contributed by atoms with Crippen LogP contribution in [0.5, 0.6) is 0 Å². The van der Waals surface area contributed by atoms with Crippen molar-refractivity contribution < 1.29 is 0 Å². The Kier molecular flexibility index (Phi) is 2.49. The minimum atomic E-state index is 0.0955. The molecule has 1 aliphatic heterocycles. The Morgan fingerprint density at radius 1 is 1.62 bits per heavy atom. The Morgan fingerprint density at radius 2 is 2.56 bits per heavy atom. The second kappa shape index (κ2) is 3.99. The smallest absolute Gasteiger partial charge is 0.262 e. The highest BCUT2D eigenvalue weighted by Gasteiger charge is 2.16. The van der Waals surface area contributed by atoms with Gasteiger partial charge in [-0.1, -0.05) is 0 Å². The van der Waals surface area contributed by atoms with Gasteiger partial charge in [0.2, 0.25) is 0 Å². The first kappa shape index (κ1) is 9.99. The fraction of sp³-hybridized carbons (Fsp3) is 0.455. The van der Waals surface area contributed by atoms with Gasteiger partial charge >= 0.3 is 0 Å². The highest BCUT2D eigenvalue weighted by atomic mass is 32.1. The number of hydrogen-bond acceptors (Lipinski definition) is 4. The Bertz CT molecular complexity index is 554. The molecular formula is C11H13N3OS. The van der Waals surface area contributed by atoms with E-state index in [4.69, 9.17) is 0 Å². The third-order valence-corrected chi connectivity index (χ3v) is 3.89. The zero-order valence-electron chi connectivity index (χ0n) is 8.85. The summed E-state index contributed by atoms with van der Waals surface area (Å²) in [6.07, 6.45) is 2.83. The van der Waals surface area contributed by atoms with Crippen molar-refractivity contribution in [3.05, 3.63) is 28.1 Å². The van der Waals surface area contributed by atoms with Gasteiger partial charge in [0.1, 0.15) is 4.83 Å². The Hall–Kier alpha value is -1.20. The Morgan fingerprint density at radius 3 is 3.38 bits per heavy atom. The first-order valence-corrected chi connectivity index (χ1v) is 6.36. The summed E-state index contributed by atoms with van der Waals surface area (Å²) in [5, 5.41) is 5.98.